The molecule has 0 aromatic carbocycles. The molecule has 1 aliphatic rings. The molecular weight excluding hydrogens is 164 g/mol. The Labute approximate surface area is 78.4 Å². The van der Waals surface area contributed by atoms with Gasteiger partial charge >= 0.3 is 0 Å². The lowest BCUT2D eigenvalue weighted by molar-refractivity contribution is 0.153. The number of hydrogen-bond acceptors (Lipinski definition) is 2. The lowest BCUT2D eigenvalue weighted by Gasteiger charge is -2.07. The van der Waals surface area contributed by atoms with Crippen LogP contribution in [0.15, 0.2) is 6.20 Å². The van der Waals surface area contributed by atoms with E-state index in [2.05, 4.69) is 12.0 Å². The van der Waals surface area contributed by atoms with E-state index in [-0.39, 0.29) is 6.10 Å². The molecule has 72 valence electrons. The Balaban J connectivity index is 2.25. The van der Waals surface area contributed by atoms with Crippen LogP contribution in [0, 0.1) is 5.92 Å². The molecule has 0 radical (unpaired) electrons. The summed E-state index contributed by atoms with van der Waals surface area (Å²) in [6, 6.07) is 0. The molecule has 3 heteroatoms. The van der Waals surface area contributed by atoms with Crippen LogP contribution in [0.4, 0.5) is 0 Å². The van der Waals surface area contributed by atoms with Crippen LogP contribution >= 0.6 is 0 Å². The Kier molecular flexibility index (Phi) is 2.12. The van der Waals surface area contributed by atoms with Gasteiger partial charge in [-0.05, 0) is 25.2 Å². The van der Waals surface area contributed by atoms with Gasteiger partial charge in [0.15, 0.2) is 0 Å². The van der Waals surface area contributed by atoms with E-state index in [9.17, 15) is 5.11 Å². The molecule has 0 saturated heterocycles. The van der Waals surface area contributed by atoms with Gasteiger partial charge in [0.05, 0.1) is 11.8 Å². The molecule has 0 spiro atoms. The molecule has 2 rings (SSSR count). The number of rotatable bonds is 3. The molecular formula is C10H16N2O. The largest absolute Gasteiger partial charge is 0.388 e. The summed E-state index contributed by atoms with van der Waals surface area (Å²) in [5.74, 6) is 0.495. The number of aliphatic hydroxyl groups is 1. The standard InChI is InChI=1S/C10H16N2O/c1-3-9-8(6-12(2)11-9)10(13)7-4-5-7/h6-7,10,13H,3-5H2,1-2H3. The van der Waals surface area contributed by atoms with E-state index >= 15 is 0 Å². The van der Waals surface area contributed by atoms with Crippen LogP contribution in [0.2, 0.25) is 0 Å². The van der Waals surface area contributed by atoms with Gasteiger partial charge in [0.2, 0.25) is 0 Å². The van der Waals surface area contributed by atoms with Crippen LogP contribution in [0.25, 0.3) is 0 Å². The first-order valence-corrected chi connectivity index (χ1v) is 4.93. The summed E-state index contributed by atoms with van der Waals surface area (Å²) in [6.45, 7) is 2.07. The topological polar surface area (TPSA) is 38.0 Å². The van der Waals surface area contributed by atoms with E-state index in [0.717, 1.165) is 17.7 Å². The number of aryl methyl sites for hydroxylation is 2. The molecule has 1 fully saturated rings. The van der Waals surface area contributed by atoms with Crippen LogP contribution in [-0.2, 0) is 13.5 Å². The van der Waals surface area contributed by atoms with Crippen molar-refractivity contribution in [3.63, 3.8) is 0 Å². The molecule has 1 aromatic heterocycles. The SMILES string of the molecule is CCc1nn(C)cc1C(O)C1CC1. The van der Waals surface area contributed by atoms with Crippen molar-refractivity contribution in [2.45, 2.75) is 32.3 Å². The third kappa shape index (κ3) is 1.61. The monoisotopic (exact) mass is 180 g/mol. The molecule has 1 atom stereocenters. The van der Waals surface area contributed by atoms with Gasteiger partial charge in [-0.2, -0.15) is 5.10 Å². The summed E-state index contributed by atoms with van der Waals surface area (Å²) < 4.78 is 1.79. The first-order valence-electron chi connectivity index (χ1n) is 4.93. The summed E-state index contributed by atoms with van der Waals surface area (Å²) in [6.07, 6.45) is 4.91. The molecule has 1 heterocycles. The maximum absolute atomic E-state index is 9.93. The summed E-state index contributed by atoms with van der Waals surface area (Å²) in [5, 5.41) is 14.2. The van der Waals surface area contributed by atoms with Gasteiger partial charge in [0.1, 0.15) is 0 Å². The minimum atomic E-state index is -0.274. The van der Waals surface area contributed by atoms with Crippen molar-refractivity contribution in [1.29, 1.82) is 0 Å². The second-order valence-corrected chi connectivity index (χ2v) is 3.84. The van der Waals surface area contributed by atoms with Crippen molar-refractivity contribution in [2.24, 2.45) is 13.0 Å². The number of aliphatic hydroxyl groups excluding tert-OH is 1. The fourth-order valence-corrected chi connectivity index (χ4v) is 1.74. The number of aromatic nitrogens is 2. The Morgan fingerprint density at radius 2 is 2.38 bits per heavy atom. The predicted octanol–water partition coefficient (Wildman–Crippen LogP) is 1.43. The fraction of sp³-hybridized carbons (Fsp3) is 0.700. The van der Waals surface area contributed by atoms with Crippen LogP contribution in [0.1, 0.15) is 37.1 Å². The van der Waals surface area contributed by atoms with Gasteiger partial charge in [-0.1, -0.05) is 6.92 Å². The van der Waals surface area contributed by atoms with Gasteiger partial charge in [-0.25, -0.2) is 0 Å². The van der Waals surface area contributed by atoms with Crippen molar-refractivity contribution in [2.75, 3.05) is 0 Å². The molecule has 3 nitrogen and oxygen atoms in total. The Hall–Kier alpha value is -0.830. The molecule has 1 aromatic rings. The van der Waals surface area contributed by atoms with Gasteiger partial charge in [0.25, 0.3) is 0 Å². The molecule has 0 bridgehead atoms. The minimum Gasteiger partial charge on any atom is -0.388 e. The first kappa shape index (κ1) is 8.75. The van der Waals surface area contributed by atoms with Gasteiger partial charge in [-0.3, -0.25) is 4.68 Å². The second kappa shape index (κ2) is 3.14. The molecule has 1 unspecified atom stereocenters. The first-order chi connectivity index (χ1) is 6.22. The zero-order valence-electron chi connectivity index (χ0n) is 8.20. The lowest BCUT2D eigenvalue weighted by Crippen LogP contribution is -2.01. The summed E-state index contributed by atoms with van der Waals surface area (Å²) in [4.78, 5) is 0. The van der Waals surface area contributed by atoms with Crippen LogP contribution in [0.5, 0.6) is 0 Å². The van der Waals surface area contributed by atoms with Crippen LogP contribution < -0.4 is 0 Å². The zero-order valence-corrected chi connectivity index (χ0v) is 8.20. The number of nitrogens with zero attached hydrogens (tertiary/aromatic N) is 2. The fourth-order valence-electron chi connectivity index (χ4n) is 1.74. The van der Waals surface area contributed by atoms with E-state index in [1.807, 2.05) is 13.2 Å². The van der Waals surface area contributed by atoms with E-state index in [4.69, 9.17) is 0 Å². The zero-order chi connectivity index (χ0) is 9.42. The Morgan fingerprint density at radius 1 is 1.69 bits per heavy atom. The minimum absolute atomic E-state index is 0.274. The Bertz CT molecular complexity index is 302. The maximum atomic E-state index is 9.93. The smallest absolute Gasteiger partial charge is 0.0851 e. The highest BCUT2D eigenvalue weighted by molar-refractivity contribution is 5.21. The normalized spacial score (nSPS) is 19.0. The average Bonchev–Trinajstić information content (AvgIpc) is 2.88. The summed E-state index contributed by atoms with van der Waals surface area (Å²) >= 11 is 0. The highest BCUT2D eigenvalue weighted by Gasteiger charge is 2.32. The number of hydrogen-bond donors (Lipinski definition) is 1. The van der Waals surface area contributed by atoms with E-state index < -0.39 is 0 Å². The molecule has 1 N–H and O–H groups in total. The molecule has 1 aliphatic carbocycles. The molecule has 0 amide bonds. The van der Waals surface area contributed by atoms with Crippen LogP contribution in [0.3, 0.4) is 0 Å². The van der Waals surface area contributed by atoms with Gasteiger partial charge < -0.3 is 5.11 Å². The van der Waals surface area contributed by atoms with Gasteiger partial charge in [0, 0.05) is 18.8 Å². The highest BCUT2D eigenvalue weighted by atomic mass is 16.3. The highest BCUT2D eigenvalue weighted by Crippen LogP contribution is 2.41. The third-order valence-corrected chi connectivity index (χ3v) is 2.66. The summed E-state index contributed by atoms with van der Waals surface area (Å²) in [5.41, 5.74) is 2.08. The van der Waals surface area contributed by atoms with Crippen molar-refractivity contribution in [3.8, 4) is 0 Å². The second-order valence-electron chi connectivity index (χ2n) is 3.84. The van der Waals surface area contributed by atoms with Crippen molar-refractivity contribution in [3.05, 3.63) is 17.5 Å². The van der Waals surface area contributed by atoms with Crippen molar-refractivity contribution < 1.29 is 5.11 Å². The maximum Gasteiger partial charge on any atom is 0.0851 e. The third-order valence-electron chi connectivity index (χ3n) is 2.66. The summed E-state index contributed by atoms with van der Waals surface area (Å²) in [7, 11) is 1.91. The Morgan fingerprint density at radius 3 is 2.92 bits per heavy atom. The van der Waals surface area contributed by atoms with Crippen LogP contribution in [-0.4, -0.2) is 14.9 Å². The molecule has 1 saturated carbocycles. The van der Waals surface area contributed by atoms with Crippen molar-refractivity contribution in [1.82, 2.24) is 9.78 Å². The lowest BCUT2D eigenvalue weighted by atomic mass is 10.1. The van der Waals surface area contributed by atoms with Gasteiger partial charge in [-0.15, -0.1) is 0 Å². The molecule has 13 heavy (non-hydrogen) atoms. The predicted molar refractivity (Wildman–Crippen MR) is 50.3 cm³/mol. The quantitative estimate of drug-likeness (QED) is 0.764. The van der Waals surface area contributed by atoms with E-state index in [1.54, 1.807) is 4.68 Å². The van der Waals surface area contributed by atoms with E-state index in [1.165, 1.54) is 12.8 Å². The molecule has 0 aliphatic heterocycles. The van der Waals surface area contributed by atoms with Crippen molar-refractivity contribution >= 4 is 0 Å². The average molecular weight is 180 g/mol. The van der Waals surface area contributed by atoms with E-state index in [0.29, 0.717) is 5.92 Å².